The lowest BCUT2D eigenvalue weighted by Crippen LogP contribution is -2.58. The molecule has 1 saturated heterocycles. The van der Waals surface area contributed by atoms with Gasteiger partial charge >= 0.3 is 0 Å². The van der Waals surface area contributed by atoms with Gasteiger partial charge in [0.25, 0.3) is 0 Å². The molecule has 5 heteroatoms. The average Bonchev–Trinajstić information content (AvgIpc) is 2.46. The molecule has 2 rings (SSSR count). The van der Waals surface area contributed by atoms with Crippen LogP contribution in [-0.2, 0) is 16.0 Å². The molecule has 19 heavy (non-hydrogen) atoms. The van der Waals surface area contributed by atoms with Crippen molar-refractivity contribution in [3.05, 3.63) is 35.9 Å². The number of likely N-dealkylation sites (N-methyl/N-ethyl adjacent to an activating group) is 1. The van der Waals surface area contributed by atoms with E-state index in [-0.39, 0.29) is 24.4 Å². The Morgan fingerprint density at radius 2 is 2.11 bits per heavy atom. The number of nitrogens with one attached hydrogen (secondary N) is 2. The second-order valence-electron chi connectivity index (χ2n) is 4.73. The minimum absolute atomic E-state index is 0.0240. The predicted molar refractivity (Wildman–Crippen MR) is 72.6 cm³/mol. The molecule has 0 radical (unpaired) electrons. The lowest BCUT2D eigenvalue weighted by molar-refractivity contribution is -0.133. The minimum Gasteiger partial charge on any atom is -0.353 e. The standard InChI is InChI=1S/C14H19N3O2/c1-17(8-7-11-5-3-2-4-6-11)14(19)12-9-16-13(18)10-15-12/h2-6,12,15H,7-10H2,1H3,(H,16,18). The van der Waals surface area contributed by atoms with Crippen LogP contribution in [-0.4, -0.2) is 49.4 Å². The maximum Gasteiger partial charge on any atom is 0.241 e. The fourth-order valence-electron chi connectivity index (χ4n) is 2.06. The largest absolute Gasteiger partial charge is 0.353 e. The molecule has 2 amide bonds. The highest BCUT2D eigenvalue weighted by atomic mass is 16.2. The molecule has 1 fully saturated rings. The first-order chi connectivity index (χ1) is 9.16. The van der Waals surface area contributed by atoms with Crippen LogP contribution in [0.25, 0.3) is 0 Å². The van der Waals surface area contributed by atoms with Crippen LogP contribution in [0.2, 0.25) is 0 Å². The van der Waals surface area contributed by atoms with Gasteiger partial charge in [0, 0.05) is 20.1 Å². The number of carbonyl (C=O) groups excluding carboxylic acids is 2. The molecule has 1 aromatic carbocycles. The molecule has 1 aliphatic heterocycles. The first kappa shape index (κ1) is 13.5. The number of piperazine rings is 1. The summed E-state index contributed by atoms with van der Waals surface area (Å²) in [5.74, 6) is -0.0353. The zero-order chi connectivity index (χ0) is 13.7. The Morgan fingerprint density at radius 3 is 2.74 bits per heavy atom. The van der Waals surface area contributed by atoms with E-state index in [0.717, 1.165) is 6.42 Å². The minimum atomic E-state index is -0.307. The van der Waals surface area contributed by atoms with Crippen molar-refractivity contribution in [3.8, 4) is 0 Å². The Morgan fingerprint density at radius 1 is 1.37 bits per heavy atom. The summed E-state index contributed by atoms with van der Waals surface area (Å²) in [7, 11) is 1.80. The summed E-state index contributed by atoms with van der Waals surface area (Å²) in [6.45, 7) is 1.26. The zero-order valence-electron chi connectivity index (χ0n) is 11.1. The Bertz CT molecular complexity index is 437. The van der Waals surface area contributed by atoms with E-state index in [4.69, 9.17) is 0 Å². The van der Waals surface area contributed by atoms with Crippen LogP contribution in [0.15, 0.2) is 30.3 Å². The van der Waals surface area contributed by atoms with E-state index in [2.05, 4.69) is 22.8 Å². The molecule has 102 valence electrons. The van der Waals surface area contributed by atoms with Crippen molar-refractivity contribution < 1.29 is 9.59 Å². The molecule has 1 atom stereocenters. The molecule has 1 unspecified atom stereocenters. The molecule has 0 saturated carbocycles. The highest BCUT2D eigenvalue weighted by Gasteiger charge is 2.25. The number of hydrogen-bond donors (Lipinski definition) is 2. The van der Waals surface area contributed by atoms with Gasteiger partial charge < -0.3 is 10.2 Å². The molecule has 0 bridgehead atoms. The fourth-order valence-corrected chi connectivity index (χ4v) is 2.06. The number of hydrogen-bond acceptors (Lipinski definition) is 3. The Labute approximate surface area is 113 Å². The Hall–Kier alpha value is -1.88. The van der Waals surface area contributed by atoms with Crippen LogP contribution < -0.4 is 10.6 Å². The van der Waals surface area contributed by atoms with Gasteiger partial charge in [0.05, 0.1) is 6.54 Å². The van der Waals surface area contributed by atoms with Gasteiger partial charge in [-0.25, -0.2) is 0 Å². The summed E-state index contributed by atoms with van der Waals surface area (Å²) in [5.41, 5.74) is 1.21. The van der Waals surface area contributed by atoms with Crippen LogP contribution in [0.4, 0.5) is 0 Å². The van der Waals surface area contributed by atoms with Gasteiger partial charge in [0.2, 0.25) is 11.8 Å². The van der Waals surface area contributed by atoms with Crippen molar-refractivity contribution in [2.75, 3.05) is 26.7 Å². The van der Waals surface area contributed by atoms with Crippen LogP contribution in [0.5, 0.6) is 0 Å². The van der Waals surface area contributed by atoms with Crippen molar-refractivity contribution in [2.24, 2.45) is 0 Å². The first-order valence-corrected chi connectivity index (χ1v) is 6.46. The quantitative estimate of drug-likeness (QED) is 0.787. The molecule has 1 aromatic rings. The number of rotatable bonds is 4. The molecular weight excluding hydrogens is 242 g/mol. The van der Waals surface area contributed by atoms with Gasteiger partial charge in [0.1, 0.15) is 6.04 Å². The van der Waals surface area contributed by atoms with E-state index in [0.29, 0.717) is 13.1 Å². The topological polar surface area (TPSA) is 61.4 Å². The SMILES string of the molecule is CN(CCc1ccccc1)C(=O)C1CNC(=O)CN1. The number of benzene rings is 1. The maximum absolute atomic E-state index is 12.1. The van der Waals surface area contributed by atoms with Gasteiger partial charge in [-0.2, -0.15) is 0 Å². The molecule has 5 nitrogen and oxygen atoms in total. The lowest BCUT2D eigenvalue weighted by Gasteiger charge is -2.27. The predicted octanol–water partition coefficient (Wildman–Crippen LogP) is -0.224. The third-order valence-electron chi connectivity index (χ3n) is 3.27. The summed E-state index contributed by atoms with van der Waals surface area (Å²) in [6.07, 6.45) is 0.835. The van der Waals surface area contributed by atoms with Crippen molar-refractivity contribution in [3.63, 3.8) is 0 Å². The summed E-state index contributed by atoms with van der Waals surface area (Å²) in [5, 5.41) is 5.64. The second-order valence-corrected chi connectivity index (χ2v) is 4.73. The van der Waals surface area contributed by atoms with E-state index in [1.54, 1.807) is 11.9 Å². The lowest BCUT2D eigenvalue weighted by atomic mass is 10.1. The van der Waals surface area contributed by atoms with Gasteiger partial charge in [-0.1, -0.05) is 30.3 Å². The normalized spacial score (nSPS) is 18.8. The molecule has 1 aliphatic rings. The van der Waals surface area contributed by atoms with Crippen molar-refractivity contribution in [1.82, 2.24) is 15.5 Å². The van der Waals surface area contributed by atoms with Crippen molar-refractivity contribution in [2.45, 2.75) is 12.5 Å². The van der Waals surface area contributed by atoms with Gasteiger partial charge in [-0.15, -0.1) is 0 Å². The van der Waals surface area contributed by atoms with Crippen molar-refractivity contribution in [1.29, 1.82) is 0 Å². The highest BCUT2D eigenvalue weighted by Crippen LogP contribution is 2.02. The number of nitrogens with zero attached hydrogens (tertiary/aromatic N) is 1. The van der Waals surface area contributed by atoms with Crippen LogP contribution >= 0.6 is 0 Å². The summed E-state index contributed by atoms with van der Waals surface area (Å²) in [6, 6.07) is 9.77. The third-order valence-corrected chi connectivity index (χ3v) is 3.27. The van der Waals surface area contributed by atoms with Gasteiger partial charge in [-0.3, -0.25) is 14.9 Å². The number of amides is 2. The zero-order valence-corrected chi connectivity index (χ0v) is 11.1. The number of carbonyl (C=O) groups is 2. The van der Waals surface area contributed by atoms with Crippen LogP contribution in [0.3, 0.4) is 0 Å². The smallest absolute Gasteiger partial charge is 0.241 e. The van der Waals surface area contributed by atoms with Gasteiger partial charge in [0.15, 0.2) is 0 Å². The molecule has 0 spiro atoms. The molecule has 0 aliphatic carbocycles. The third kappa shape index (κ3) is 3.79. The van der Waals surface area contributed by atoms with E-state index >= 15 is 0 Å². The first-order valence-electron chi connectivity index (χ1n) is 6.46. The monoisotopic (exact) mass is 261 g/mol. The summed E-state index contributed by atoms with van der Waals surface area (Å²) < 4.78 is 0. The van der Waals surface area contributed by atoms with Crippen LogP contribution in [0.1, 0.15) is 5.56 Å². The van der Waals surface area contributed by atoms with E-state index in [1.807, 2.05) is 18.2 Å². The summed E-state index contributed by atoms with van der Waals surface area (Å²) >= 11 is 0. The van der Waals surface area contributed by atoms with E-state index < -0.39 is 0 Å². The highest BCUT2D eigenvalue weighted by molar-refractivity contribution is 5.86. The maximum atomic E-state index is 12.1. The molecular formula is C14H19N3O2. The Balaban J connectivity index is 1.81. The second kappa shape index (κ2) is 6.33. The fraction of sp³-hybridized carbons (Fsp3) is 0.429. The molecule has 2 N–H and O–H groups in total. The Kier molecular flexibility index (Phi) is 4.52. The molecule has 1 heterocycles. The van der Waals surface area contributed by atoms with Crippen molar-refractivity contribution >= 4 is 11.8 Å². The van der Waals surface area contributed by atoms with E-state index in [9.17, 15) is 9.59 Å². The van der Waals surface area contributed by atoms with Gasteiger partial charge in [-0.05, 0) is 12.0 Å². The summed E-state index contributed by atoms with van der Waals surface area (Å²) in [4.78, 5) is 24.9. The van der Waals surface area contributed by atoms with Crippen LogP contribution in [0, 0.1) is 0 Å². The average molecular weight is 261 g/mol. The molecule has 0 aromatic heterocycles. The van der Waals surface area contributed by atoms with E-state index in [1.165, 1.54) is 5.56 Å².